The molecule has 0 atom stereocenters. The van der Waals surface area contributed by atoms with Gasteiger partial charge in [0.2, 0.25) is 5.91 Å². The highest BCUT2D eigenvalue weighted by atomic mass is 32.2. The highest BCUT2D eigenvalue weighted by molar-refractivity contribution is 7.99. The van der Waals surface area contributed by atoms with E-state index in [-0.39, 0.29) is 29.6 Å². The van der Waals surface area contributed by atoms with Crippen LogP contribution >= 0.6 is 11.8 Å². The summed E-state index contributed by atoms with van der Waals surface area (Å²) in [7, 11) is 0. The van der Waals surface area contributed by atoms with Crippen molar-refractivity contribution < 1.29 is 14.3 Å². The van der Waals surface area contributed by atoms with Crippen molar-refractivity contribution in [2.45, 2.75) is 31.8 Å². The second kappa shape index (κ2) is 9.17. The summed E-state index contributed by atoms with van der Waals surface area (Å²) in [5, 5.41) is 3.15. The van der Waals surface area contributed by atoms with Crippen molar-refractivity contribution in [2.75, 3.05) is 24.6 Å². The minimum Gasteiger partial charge on any atom is -0.462 e. The van der Waals surface area contributed by atoms with E-state index in [4.69, 9.17) is 10.5 Å². The van der Waals surface area contributed by atoms with Crippen LogP contribution < -0.4 is 11.1 Å². The third kappa shape index (κ3) is 5.99. The molecule has 0 radical (unpaired) electrons. The SMILES string of the molecule is CCCCNC(=O)CSc1ncc(C(=O)OCC)c(N)n1. The van der Waals surface area contributed by atoms with Gasteiger partial charge in [-0.3, -0.25) is 4.79 Å². The number of ether oxygens (including phenoxy) is 1. The van der Waals surface area contributed by atoms with Gasteiger partial charge in [0.05, 0.1) is 12.4 Å². The van der Waals surface area contributed by atoms with Crippen molar-refractivity contribution in [3.05, 3.63) is 11.8 Å². The Kier molecular flexibility index (Phi) is 7.52. The smallest absolute Gasteiger partial charge is 0.343 e. The van der Waals surface area contributed by atoms with E-state index in [0.29, 0.717) is 11.7 Å². The fourth-order valence-electron chi connectivity index (χ4n) is 1.40. The molecule has 116 valence electrons. The van der Waals surface area contributed by atoms with Gasteiger partial charge in [0.15, 0.2) is 5.16 Å². The number of carbonyl (C=O) groups excluding carboxylic acids is 2. The number of unbranched alkanes of at least 4 members (excludes halogenated alkanes) is 1. The highest BCUT2D eigenvalue weighted by Gasteiger charge is 2.14. The first kappa shape index (κ1) is 17.2. The number of rotatable bonds is 8. The normalized spacial score (nSPS) is 10.2. The summed E-state index contributed by atoms with van der Waals surface area (Å²) in [6.45, 7) is 4.69. The fourth-order valence-corrected chi connectivity index (χ4v) is 2.05. The molecule has 0 aliphatic heterocycles. The quantitative estimate of drug-likeness (QED) is 0.322. The average Bonchev–Trinajstić information content (AvgIpc) is 2.45. The largest absolute Gasteiger partial charge is 0.462 e. The Morgan fingerprint density at radius 3 is 2.81 bits per heavy atom. The molecule has 0 spiro atoms. The van der Waals surface area contributed by atoms with E-state index in [2.05, 4.69) is 22.2 Å². The van der Waals surface area contributed by atoms with Crippen LogP contribution in [0.2, 0.25) is 0 Å². The predicted molar refractivity (Wildman–Crippen MR) is 81.0 cm³/mol. The van der Waals surface area contributed by atoms with Crippen molar-refractivity contribution >= 4 is 29.5 Å². The number of esters is 1. The number of carbonyl (C=O) groups is 2. The van der Waals surface area contributed by atoms with Crippen LogP contribution in [-0.2, 0) is 9.53 Å². The monoisotopic (exact) mass is 312 g/mol. The van der Waals surface area contributed by atoms with Gasteiger partial charge in [-0.2, -0.15) is 0 Å². The molecule has 0 saturated heterocycles. The van der Waals surface area contributed by atoms with Gasteiger partial charge >= 0.3 is 5.97 Å². The summed E-state index contributed by atoms with van der Waals surface area (Å²) < 4.78 is 4.83. The zero-order valence-corrected chi connectivity index (χ0v) is 13.0. The van der Waals surface area contributed by atoms with E-state index in [0.717, 1.165) is 12.8 Å². The van der Waals surface area contributed by atoms with Gasteiger partial charge in [-0.05, 0) is 13.3 Å². The van der Waals surface area contributed by atoms with Crippen LogP contribution in [0.1, 0.15) is 37.0 Å². The van der Waals surface area contributed by atoms with Crippen LogP contribution in [0, 0.1) is 0 Å². The number of anilines is 1. The van der Waals surface area contributed by atoms with Crippen molar-refractivity contribution in [1.29, 1.82) is 0 Å². The van der Waals surface area contributed by atoms with Gasteiger partial charge in [-0.25, -0.2) is 14.8 Å². The number of hydrogen-bond acceptors (Lipinski definition) is 7. The van der Waals surface area contributed by atoms with Crippen molar-refractivity contribution in [2.24, 2.45) is 0 Å². The molecule has 1 aromatic heterocycles. The molecule has 21 heavy (non-hydrogen) atoms. The Morgan fingerprint density at radius 1 is 1.43 bits per heavy atom. The number of thioether (sulfide) groups is 1. The molecule has 0 bridgehead atoms. The summed E-state index contributed by atoms with van der Waals surface area (Å²) in [6.07, 6.45) is 3.30. The number of amides is 1. The Labute approximate surface area is 128 Å². The van der Waals surface area contributed by atoms with Crippen LogP contribution in [0.4, 0.5) is 5.82 Å². The van der Waals surface area contributed by atoms with Gasteiger partial charge in [-0.15, -0.1) is 0 Å². The Bertz CT molecular complexity index is 496. The molecular formula is C13H20N4O3S. The molecule has 0 aromatic carbocycles. The van der Waals surface area contributed by atoms with Crippen LogP contribution in [-0.4, -0.2) is 40.7 Å². The van der Waals surface area contributed by atoms with Gasteiger partial charge in [0.25, 0.3) is 0 Å². The lowest BCUT2D eigenvalue weighted by atomic mass is 10.3. The summed E-state index contributed by atoms with van der Waals surface area (Å²) in [5.74, 6) is -0.367. The first-order valence-corrected chi connectivity index (χ1v) is 7.76. The molecule has 7 nitrogen and oxygen atoms in total. The Balaban J connectivity index is 2.52. The molecule has 1 rings (SSSR count). The highest BCUT2D eigenvalue weighted by Crippen LogP contribution is 2.16. The number of nitrogens with two attached hydrogens (primary N) is 1. The number of nitrogens with one attached hydrogen (secondary N) is 1. The fraction of sp³-hybridized carbons (Fsp3) is 0.538. The Morgan fingerprint density at radius 2 is 2.19 bits per heavy atom. The minimum atomic E-state index is -0.552. The van der Waals surface area contributed by atoms with Crippen molar-refractivity contribution in [1.82, 2.24) is 15.3 Å². The zero-order valence-electron chi connectivity index (χ0n) is 12.2. The molecule has 8 heteroatoms. The topological polar surface area (TPSA) is 107 Å². The molecular weight excluding hydrogens is 292 g/mol. The average molecular weight is 312 g/mol. The third-order valence-corrected chi connectivity index (χ3v) is 3.34. The summed E-state index contributed by atoms with van der Waals surface area (Å²) >= 11 is 1.17. The van der Waals surface area contributed by atoms with Gasteiger partial charge < -0.3 is 15.8 Å². The molecule has 1 aromatic rings. The second-order valence-corrected chi connectivity index (χ2v) is 5.11. The van der Waals surface area contributed by atoms with Crippen LogP contribution in [0.5, 0.6) is 0 Å². The number of nitrogens with zero attached hydrogens (tertiary/aromatic N) is 2. The van der Waals surface area contributed by atoms with Gasteiger partial charge in [0.1, 0.15) is 11.4 Å². The first-order chi connectivity index (χ1) is 10.1. The van der Waals surface area contributed by atoms with Crippen molar-refractivity contribution in [3.63, 3.8) is 0 Å². The number of hydrogen-bond donors (Lipinski definition) is 2. The molecule has 0 aliphatic rings. The summed E-state index contributed by atoms with van der Waals surface area (Å²) in [4.78, 5) is 31.1. The number of nitrogen functional groups attached to an aromatic ring is 1. The van der Waals surface area contributed by atoms with E-state index in [1.807, 2.05) is 0 Å². The van der Waals surface area contributed by atoms with E-state index < -0.39 is 5.97 Å². The van der Waals surface area contributed by atoms with E-state index in [1.165, 1.54) is 18.0 Å². The number of aromatic nitrogens is 2. The van der Waals surface area contributed by atoms with Crippen LogP contribution in [0.15, 0.2) is 11.4 Å². The predicted octanol–water partition coefficient (Wildman–Crippen LogP) is 1.24. The maximum absolute atomic E-state index is 11.5. The van der Waals surface area contributed by atoms with Crippen LogP contribution in [0.3, 0.4) is 0 Å². The molecule has 0 fully saturated rings. The minimum absolute atomic E-state index is 0.0531. The molecule has 1 heterocycles. The first-order valence-electron chi connectivity index (χ1n) is 6.77. The van der Waals surface area contributed by atoms with E-state index >= 15 is 0 Å². The van der Waals surface area contributed by atoms with E-state index in [1.54, 1.807) is 6.92 Å². The van der Waals surface area contributed by atoms with Gasteiger partial charge in [0, 0.05) is 12.7 Å². The molecule has 3 N–H and O–H groups in total. The molecule has 0 saturated carbocycles. The standard InChI is InChI=1S/C13H20N4O3S/c1-3-5-6-15-10(18)8-21-13-16-7-9(11(14)17-13)12(19)20-4-2/h7H,3-6,8H2,1-2H3,(H,15,18)(H2,14,16,17). The zero-order chi connectivity index (χ0) is 15.7. The molecule has 0 aliphatic carbocycles. The van der Waals surface area contributed by atoms with E-state index in [9.17, 15) is 9.59 Å². The van der Waals surface area contributed by atoms with Gasteiger partial charge in [-0.1, -0.05) is 25.1 Å². The maximum atomic E-state index is 11.5. The maximum Gasteiger partial charge on any atom is 0.343 e. The summed E-state index contributed by atoms with van der Waals surface area (Å²) in [6, 6.07) is 0. The lowest BCUT2D eigenvalue weighted by Crippen LogP contribution is -2.26. The lowest BCUT2D eigenvalue weighted by Gasteiger charge is -2.06. The molecule has 0 unspecified atom stereocenters. The molecule has 1 amide bonds. The second-order valence-electron chi connectivity index (χ2n) is 4.16. The lowest BCUT2D eigenvalue weighted by molar-refractivity contribution is -0.118. The van der Waals surface area contributed by atoms with Crippen LogP contribution in [0.25, 0.3) is 0 Å². The Hall–Kier alpha value is -1.83. The summed E-state index contributed by atoms with van der Waals surface area (Å²) in [5.41, 5.74) is 5.82. The third-order valence-electron chi connectivity index (χ3n) is 2.48. The van der Waals surface area contributed by atoms with Crippen molar-refractivity contribution in [3.8, 4) is 0 Å².